The fourth-order valence-electron chi connectivity index (χ4n) is 2.64. The zero-order chi connectivity index (χ0) is 14.7. The Kier molecular flexibility index (Phi) is 3.92. The maximum Gasteiger partial charge on any atom is 0.253 e. The van der Waals surface area contributed by atoms with Gasteiger partial charge in [-0.05, 0) is 48.5 Å². The summed E-state index contributed by atoms with van der Waals surface area (Å²) < 4.78 is 1.55. The summed E-state index contributed by atoms with van der Waals surface area (Å²) in [5.41, 5.74) is 1.45. The van der Waals surface area contributed by atoms with Gasteiger partial charge in [0.15, 0.2) is 0 Å². The van der Waals surface area contributed by atoms with E-state index in [0.29, 0.717) is 11.6 Å². The number of aromatic nitrogens is 4. The minimum atomic E-state index is 0.0601. The fourth-order valence-corrected chi connectivity index (χ4v) is 2.64. The Labute approximate surface area is 122 Å². The van der Waals surface area contributed by atoms with Crippen molar-refractivity contribution in [1.29, 1.82) is 0 Å². The molecular weight excluding hydrogens is 268 g/mol. The van der Waals surface area contributed by atoms with Crippen LogP contribution in [0.1, 0.15) is 23.2 Å². The number of tetrazole rings is 1. The van der Waals surface area contributed by atoms with Gasteiger partial charge in [-0.3, -0.25) is 4.79 Å². The minimum Gasteiger partial charge on any atom is -0.337 e. The Bertz CT molecular complexity index is 612. The number of rotatable bonds is 3. The first-order valence-corrected chi connectivity index (χ1v) is 7.08. The number of amides is 1. The van der Waals surface area contributed by atoms with Crippen molar-refractivity contribution >= 4 is 5.91 Å². The second kappa shape index (κ2) is 6.01. The predicted octanol–water partition coefficient (Wildman–Crippen LogP) is 0.486. The second-order valence-electron chi connectivity index (χ2n) is 5.18. The second-order valence-corrected chi connectivity index (χ2v) is 5.18. The van der Waals surface area contributed by atoms with Crippen LogP contribution in [0.2, 0.25) is 0 Å². The number of hydrogen-bond acceptors (Lipinski definition) is 5. The molecule has 0 spiro atoms. The standard InChI is InChI=1S/C14H18N6O/c1-15-12-5-3-7-19(9-12)14(21)11-4-2-6-13(8-11)20-10-16-17-18-20/h2,4,6,8,10,12,15H,3,5,7,9H2,1H3. The molecule has 21 heavy (non-hydrogen) atoms. The van der Waals surface area contributed by atoms with Crippen LogP contribution in [0.15, 0.2) is 30.6 Å². The van der Waals surface area contributed by atoms with Crippen LogP contribution in [0, 0.1) is 0 Å². The average molecular weight is 286 g/mol. The molecule has 0 radical (unpaired) electrons. The number of likely N-dealkylation sites (N-methyl/N-ethyl adjacent to an activating group) is 1. The van der Waals surface area contributed by atoms with E-state index >= 15 is 0 Å². The zero-order valence-electron chi connectivity index (χ0n) is 11.9. The maximum atomic E-state index is 12.6. The van der Waals surface area contributed by atoms with Crippen LogP contribution in [0.5, 0.6) is 0 Å². The SMILES string of the molecule is CNC1CCCN(C(=O)c2cccc(-n3cnnn3)c2)C1. The molecule has 0 bridgehead atoms. The Morgan fingerprint density at radius 2 is 2.33 bits per heavy atom. The highest BCUT2D eigenvalue weighted by Crippen LogP contribution is 2.15. The summed E-state index contributed by atoms with van der Waals surface area (Å²) in [5.74, 6) is 0.0601. The summed E-state index contributed by atoms with van der Waals surface area (Å²) in [6, 6.07) is 7.76. The molecule has 1 aliphatic rings. The lowest BCUT2D eigenvalue weighted by atomic mass is 10.0. The largest absolute Gasteiger partial charge is 0.337 e. The quantitative estimate of drug-likeness (QED) is 0.888. The molecular formula is C14H18N6O. The lowest BCUT2D eigenvalue weighted by Crippen LogP contribution is -2.46. The third-order valence-corrected chi connectivity index (χ3v) is 3.82. The highest BCUT2D eigenvalue weighted by Gasteiger charge is 2.23. The van der Waals surface area contributed by atoms with E-state index in [2.05, 4.69) is 20.8 Å². The van der Waals surface area contributed by atoms with E-state index < -0.39 is 0 Å². The van der Waals surface area contributed by atoms with E-state index in [1.165, 1.54) is 6.33 Å². The van der Waals surface area contributed by atoms with Crippen LogP contribution in [-0.2, 0) is 0 Å². The van der Waals surface area contributed by atoms with Crippen LogP contribution in [0.3, 0.4) is 0 Å². The van der Waals surface area contributed by atoms with E-state index in [4.69, 9.17) is 0 Å². The van der Waals surface area contributed by atoms with Gasteiger partial charge in [0.25, 0.3) is 5.91 Å². The van der Waals surface area contributed by atoms with Gasteiger partial charge in [-0.1, -0.05) is 6.07 Å². The summed E-state index contributed by atoms with van der Waals surface area (Å²) in [6.07, 6.45) is 3.66. The average Bonchev–Trinajstić information content (AvgIpc) is 3.09. The third-order valence-electron chi connectivity index (χ3n) is 3.82. The van der Waals surface area contributed by atoms with Crippen LogP contribution in [-0.4, -0.2) is 57.2 Å². The Hall–Kier alpha value is -2.28. The van der Waals surface area contributed by atoms with Gasteiger partial charge < -0.3 is 10.2 Å². The number of nitrogens with zero attached hydrogens (tertiary/aromatic N) is 5. The van der Waals surface area contributed by atoms with Gasteiger partial charge in [-0.15, -0.1) is 5.10 Å². The molecule has 2 heterocycles. The van der Waals surface area contributed by atoms with Gasteiger partial charge in [0.1, 0.15) is 6.33 Å². The van der Waals surface area contributed by atoms with Crippen molar-refractivity contribution in [2.24, 2.45) is 0 Å². The minimum absolute atomic E-state index is 0.0601. The highest BCUT2D eigenvalue weighted by molar-refractivity contribution is 5.94. The molecule has 110 valence electrons. The summed E-state index contributed by atoms with van der Waals surface area (Å²) in [7, 11) is 1.94. The summed E-state index contributed by atoms with van der Waals surface area (Å²) >= 11 is 0. The molecule has 0 saturated carbocycles. The molecule has 1 aromatic carbocycles. The molecule has 1 unspecified atom stereocenters. The van der Waals surface area contributed by atoms with Gasteiger partial charge in [-0.2, -0.15) is 0 Å². The Morgan fingerprint density at radius 1 is 1.43 bits per heavy atom. The Balaban J connectivity index is 1.80. The van der Waals surface area contributed by atoms with Gasteiger partial charge in [0.2, 0.25) is 0 Å². The van der Waals surface area contributed by atoms with Crippen molar-refractivity contribution in [2.75, 3.05) is 20.1 Å². The van der Waals surface area contributed by atoms with E-state index in [0.717, 1.165) is 31.6 Å². The molecule has 0 aliphatic carbocycles. The molecule has 1 atom stereocenters. The van der Waals surface area contributed by atoms with Crippen molar-refractivity contribution in [3.63, 3.8) is 0 Å². The number of hydrogen-bond donors (Lipinski definition) is 1. The van der Waals surface area contributed by atoms with Gasteiger partial charge >= 0.3 is 0 Å². The number of benzene rings is 1. The van der Waals surface area contributed by atoms with Crippen LogP contribution in [0.25, 0.3) is 5.69 Å². The van der Waals surface area contributed by atoms with Crippen LogP contribution < -0.4 is 5.32 Å². The monoisotopic (exact) mass is 286 g/mol. The molecule has 1 aliphatic heterocycles. The molecule has 7 nitrogen and oxygen atoms in total. The number of carbonyl (C=O) groups excluding carboxylic acids is 1. The molecule has 2 aromatic rings. The first-order valence-electron chi connectivity index (χ1n) is 7.08. The van der Waals surface area contributed by atoms with Gasteiger partial charge in [0, 0.05) is 24.7 Å². The lowest BCUT2D eigenvalue weighted by molar-refractivity contribution is 0.0698. The van der Waals surface area contributed by atoms with Crippen LogP contribution >= 0.6 is 0 Å². The van der Waals surface area contributed by atoms with E-state index in [1.54, 1.807) is 4.68 Å². The summed E-state index contributed by atoms with van der Waals surface area (Å²) in [5, 5.41) is 14.3. The lowest BCUT2D eigenvalue weighted by Gasteiger charge is -2.32. The normalized spacial score (nSPS) is 18.7. The topological polar surface area (TPSA) is 75.9 Å². The van der Waals surface area contributed by atoms with Crippen molar-refractivity contribution < 1.29 is 4.79 Å². The predicted molar refractivity (Wildman–Crippen MR) is 77.1 cm³/mol. The smallest absolute Gasteiger partial charge is 0.253 e. The first kappa shape index (κ1) is 13.7. The maximum absolute atomic E-state index is 12.6. The first-order chi connectivity index (χ1) is 10.3. The molecule has 1 amide bonds. The third kappa shape index (κ3) is 2.92. The fraction of sp³-hybridized carbons (Fsp3) is 0.429. The molecule has 1 saturated heterocycles. The number of carbonyl (C=O) groups is 1. The van der Waals surface area contributed by atoms with Crippen molar-refractivity contribution in [2.45, 2.75) is 18.9 Å². The van der Waals surface area contributed by atoms with Crippen molar-refractivity contribution in [3.8, 4) is 5.69 Å². The molecule has 3 rings (SSSR count). The number of likely N-dealkylation sites (tertiary alicyclic amines) is 1. The number of nitrogens with one attached hydrogen (secondary N) is 1. The Morgan fingerprint density at radius 3 is 3.10 bits per heavy atom. The van der Waals surface area contributed by atoms with Crippen molar-refractivity contribution in [3.05, 3.63) is 36.2 Å². The highest BCUT2D eigenvalue weighted by atomic mass is 16.2. The van der Waals surface area contributed by atoms with Gasteiger partial charge in [-0.25, -0.2) is 4.68 Å². The van der Waals surface area contributed by atoms with Crippen molar-refractivity contribution in [1.82, 2.24) is 30.4 Å². The van der Waals surface area contributed by atoms with E-state index in [1.807, 2.05) is 36.2 Å². The van der Waals surface area contributed by atoms with E-state index in [-0.39, 0.29) is 5.91 Å². The molecule has 7 heteroatoms. The van der Waals surface area contributed by atoms with Gasteiger partial charge in [0.05, 0.1) is 5.69 Å². The molecule has 1 aromatic heterocycles. The zero-order valence-corrected chi connectivity index (χ0v) is 11.9. The number of piperidine rings is 1. The molecule has 1 N–H and O–H groups in total. The summed E-state index contributed by atoms with van der Waals surface area (Å²) in [6.45, 7) is 1.57. The van der Waals surface area contributed by atoms with E-state index in [9.17, 15) is 4.79 Å². The summed E-state index contributed by atoms with van der Waals surface area (Å²) in [4.78, 5) is 14.5. The molecule has 1 fully saturated rings. The van der Waals surface area contributed by atoms with Crippen LogP contribution in [0.4, 0.5) is 0 Å².